The Hall–Kier alpha value is -0.930. The number of hydrogen-bond acceptors (Lipinski definition) is 2. The largest absolute Gasteiger partial charge is 0.420 e. The van der Waals surface area contributed by atoms with Crippen molar-refractivity contribution >= 4 is 52.4 Å². The van der Waals surface area contributed by atoms with Gasteiger partial charge in [0, 0.05) is 0 Å². The number of ether oxygens (including phenoxy) is 1. The molecule has 2 aromatic carbocycles. The fourth-order valence-corrected chi connectivity index (χ4v) is 2.96. The number of halogens is 4. The summed E-state index contributed by atoms with van der Waals surface area (Å²) in [6.07, 6.45) is 3.21. The minimum Gasteiger partial charge on any atom is -0.420 e. The maximum Gasteiger partial charge on any atom is 0.343 e. The standard InChI is InChI=1S/C17H14Cl4O2/c1-2-3-4-10-5-7-11(8-6-10)17(22)23-16-13(19)9-12(18)14(20)15(16)21/h5-9H,2-4H2,1H3. The molecule has 0 aliphatic rings. The quantitative estimate of drug-likeness (QED) is 0.241. The summed E-state index contributed by atoms with van der Waals surface area (Å²) in [4.78, 5) is 12.2. The zero-order valence-corrected chi connectivity index (χ0v) is 15.4. The Morgan fingerprint density at radius 1 is 1.00 bits per heavy atom. The van der Waals surface area contributed by atoms with Crippen molar-refractivity contribution in [1.29, 1.82) is 0 Å². The van der Waals surface area contributed by atoms with E-state index < -0.39 is 5.97 Å². The fourth-order valence-electron chi connectivity index (χ4n) is 1.98. The highest BCUT2D eigenvalue weighted by Crippen LogP contribution is 2.42. The second-order valence-electron chi connectivity index (χ2n) is 4.99. The lowest BCUT2D eigenvalue weighted by Crippen LogP contribution is -2.09. The third-order valence-corrected chi connectivity index (χ3v) is 4.80. The van der Waals surface area contributed by atoms with Gasteiger partial charge < -0.3 is 4.74 Å². The molecule has 2 aromatic rings. The van der Waals surface area contributed by atoms with Gasteiger partial charge in [-0.2, -0.15) is 0 Å². The van der Waals surface area contributed by atoms with Gasteiger partial charge in [0.25, 0.3) is 0 Å². The van der Waals surface area contributed by atoms with Crippen LogP contribution in [-0.4, -0.2) is 5.97 Å². The highest BCUT2D eigenvalue weighted by molar-refractivity contribution is 6.50. The van der Waals surface area contributed by atoms with Gasteiger partial charge in [0.15, 0.2) is 5.75 Å². The molecule has 0 aromatic heterocycles. The lowest BCUT2D eigenvalue weighted by atomic mass is 10.1. The van der Waals surface area contributed by atoms with Crippen LogP contribution in [0.4, 0.5) is 0 Å². The third-order valence-electron chi connectivity index (χ3n) is 3.28. The molecule has 0 amide bonds. The predicted molar refractivity (Wildman–Crippen MR) is 96.5 cm³/mol. The molecule has 0 saturated heterocycles. The average molecular weight is 392 g/mol. The van der Waals surface area contributed by atoms with Gasteiger partial charge in [0.2, 0.25) is 0 Å². The summed E-state index contributed by atoms with van der Waals surface area (Å²) in [5.41, 5.74) is 1.58. The maximum absolute atomic E-state index is 12.2. The van der Waals surface area contributed by atoms with Gasteiger partial charge >= 0.3 is 5.97 Å². The highest BCUT2D eigenvalue weighted by Gasteiger charge is 2.19. The van der Waals surface area contributed by atoms with E-state index in [1.165, 1.54) is 11.6 Å². The molecule has 0 bridgehead atoms. The van der Waals surface area contributed by atoms with Crippen LogP contribution in [0, 0.1) is 0 Å². The van der Waals surface area contributed by atoms with Crippen LogP contribution >= 0.6 is 46.4 Å². The van der Waals surface area contributed by atoms with E-state index in [9.17, 15) is 4.79 Å². The number of carbonyl (C=O) groups is 1. The Labute approximate surface area is 155 Å². The molecule has 122 valence electrons. The molecule has 0 spiro atoms. The van der Waals surface area contributed by atoms with Gasteiger partial charge in [0.05, 0.1) is 20.6 Å². The predicted octanol–water partition coefficient (Wildman–Crippen LogP) is 6.86. The van der Waals surface area contributed by atoms with Gasteiger partial charge in [-0.15, -0.1) is 0 Å². The van der Waals surface area contributed by atoms with Gasteiger partial charge in [-0.3, -0.25) is 0 Å². The molecule has 6 heteroatoms. The molecule has 23 heavy (non-hydrogen) atoms. The number of aryl methyl sites for hydroxylation is 1. The molecule has 0 N–H and O–H groups in total. The van der Waals surface area contributed by atoms with Crippen LogP contribution in [0.25, 0.3) is 0 Å². The first-order valence-corrected chi connectivity index (χ1v) is 8.59. The molecule has 2 rings (SSSR count). The number of unbranched alkanes of at least 4 members (excludes halogenated alkanes) is 1. The van der Waals surface area contributed by atoms with Crippen LogP contribution in [0.15, 0.2) is 30.3 Å². The van der Waals surface area contributed by atoms with Crippen molar-refractivity contribution in [3.8, 4) is 5.75 Å². The molecule has 0 atom stereocenters. The monoisotopic (exact) mass is 390 g/mol. The topological polar surface area (TPSA) is 26.3 Å². The molecular formula is C17H14Cl4O2. The second-order valence-corrected chi connectivity index (χ2v) is 6.56. The third kappa shape index (κ3) is 4.54. The van der Waals surface area contributed by atoms with Gasteiger partial charge in [-0.1, -0.05) is 71.9 Å². The van der Waals surface area contributed by atoms with E-state index in [2.05, 4.69) is 6.92 Å². The lowest BCUT2D eigenvalue weighted by molar-refractivity contribution is 0.0735. The average Bonchev–Trinajstić information content (AvgIpc) is 2.55. The first-order valence-electron chi connectivity index (χ1n) is 7.08. The Morgan fingerprint density at radius 2 is 1.65 bits per heavy atom. The lowest BCUT2D eigenvalue weighted by Gasteiger charge is -2.10. The smallest absolute Gasteiger partial charge is 0.343 e. The highest BCUT2D eigenvalue weighted by atomic mass is 35.5. The normalized spacial score (nSPS) is 10.7. The van der Waals surface area contributed by atoms with Crippen molar-refractivity contribution in [2.45, 2.75) is 26.2 Å². The van der Waals surface area contributed by atoms with Crippen molar-refractivity contribution in [1.82, 2.24) is 0 Å². The summed E-state index contributed by atoms with van der Waals surface area (Å²) < 4.78 is 5.27. The first-order chi connectivity index (χ1) is 10.9. The number of carbonyl (C=O) groups excluding carboxylic acids is 1. The number of benzene rings is 2. The van der Waals surface area contributed by atoms with Crippen LogP contribution in [-0.2, 0) is 6.42 Å². The second kappa shape index (κ2) is 8.25. The van der Waals surface area contributed by atoms with Crippen LogP contribution in [0.5, 0.6) is 5.75 Å². The van der Waals surface area contributed by atoms with Crippen LogP contribution < -0.4 is 4.74 Å². The molecule has 0 saturated carbocycles. The zero-order valence-electron chi connectivity index (χ0n) is 12.3. The summed E-state index contributed by atoms with van der Waals surface area (Å²) in [7, 11) is 0. The number of hydrogen-bond donors (Lipinski definition) is 0. The minimum absolute atomic E-state index is 0.00259. The summed E-state index contributed by atoms with van der Waals surface area (Å²) in [5.74, 6) is -0.558. The Kier molecular flexibility index (Phi) is 6.60. The van der Waals surface area contributed by atoms with E-state index in [0.29, 0.717) is 5.56 Å². The van der Waals surface area contributed by atoms with Crippen molar-refractivity contribution in [2.75, 3.05) is 0 Å². The Balaban J connectivity index is 2.18. The summed E-state index contributed by atoms with van der Waals surface area (Å²) >= 11 is 23.9. The van der Waals surface area contributed by atoms with Gasteiger partial charge in [0.1, 0.15) is 5.02 Å². The van der Waals surface area contributed by atoms with E-state index in [4.69, 9.17) is 51.1 Å². The van der Waals surface area contributed by atoms with Crippen molar-refractivity contribution in [3.05, 3.63) is 61.5 Å². The minimum atomic E-state index is -0.561. The van der Waals surface area contributed by atoms with Crippen LogP contribution in [0.3, 0.4) is 0 Å². The summed E-state index contributed by atoms with van der Waals surface area (Å²) in [6.45, 7) is 2.14. The Morgan fingerprint density at radius 3 is 2.26 bits per heavy atom. The molecule has 0 unspecified atom stereocenters. The van der Waals surface area contributed by atoms with Crippen molar-refractivity contribution < 1.29 is 9.53 Å². The van der Waals surface area contributed by atoms with E-state index in [0.717, 1.165) is 19.3 Å². The van der Waals surface area contributed by atoms with E-state index >= 15 is 0 Å². The van der Waals surface area contributed by atoms with Crippen LogP contribution in [0.1, 0.15) is 35.7 Å². The van der Waals surface area contributed by atoms with E-state index in [1.54, 1.807) is 12.1 Å². The SMILES string of the molecule is CCCCc1ccc(C(=O)Oc2c(Cl)cc(Cl)c(Cl)c2Cl)cc1. The van der Waals surface area contributed by atoms with Gasteiger partial charge in [-0.05, 0) is 36.6 Å². The summed E-state index contributed by atoms with van der Waals surface area (Å²) in [5, 5.41) is 0.423. The molecule has 0 heterocycles. The zero-order chi connectivity index (χ0) is 17.0. The molecule has 2 nitrogen and oxygen atoms in total. The van der Waals surface area contributed by atoms with E-state index in [-0.39, 0.29) is 25.8 Å². The Bertz CT molecular complexity index is 712. The molecule has 0 fully saturated rings. The maximum atomic E-state index is 12.2. The summed E-state index contributed by atoms with van der Waals surface area (Å²) in [6, 6.07) is 8.63. The molecule has 0 aliphatic heterocycles. The van der Waals surface area contributed by atoms with Crippen LogP contribution in [0.2, 0.25) is 20.1 Å². The number of rotatable bonds is 5. The molecule has 0 aliphatic carbocycles. The van der Waals surface area contributed by atoms with Crippen molar-refractivity contribution in [2.24, 2.45) is 0 Å². The fraction of sp³-hybridized carbons (Fsp3) is 0.235. The first kappa shape index (κ1) is 18.4. The molecular weight excluding hydrogens is 378 g/mol. The number of esters is 1. The van der Waals surface area contributed by atoms with E-state index in [1.807, 2.05) is 12.1 Å². The van der Waals surface area contributed by atoms with Gasteiger partial charge in [-0.25, -0.2) is 4.79 Å². The molecule has 0 radical (unpaired) electrons. The van der Waals surface area contributed by atoms with Crippen molar-refractivity contribution in [3.63, 3.8) is 0 Å².